The molecule has 3 heterocycles. The summed E-state index contributed by atoms with van der Waals surface area (Å²) in [7, 11) is -3.47. The lowest BCUT2D eigenvalue weighted by molar-refractivity contribution is 0.602. The first-order valence-electron chi connectivity index (χ1n) is 7.04. The van der Waals surface area contributed by atoms with Crippen molar-refractivity contribution >= 4 is 20.9 Å². The predicted octanol–water partition coefficient (Wildman–Crippen LogP) is 1.81. The zero-order chi connectivity index (χ0) is 16.7. The molecule has 3 aromatic heterocycles. The van der Waals surface area contributed by atoms with E-state index in [4.69, 9.17) is 0 Å². The molecule has 0 spiro atoms. The normalized spacial score (nSPS) is 11.9. The van der Waals surface area contributed by atoms with Crippen LogP contribution in [0.25, 0.3) is 33.5 Å². The van der Waals surface area contributed by atoms with E-state index in [1.165, 1.54) is 6.07 Å². The second-order valence-electron chi connectivity index (χ2n) is 5.32. The molecule has 0 saturated heterocycles. The lowest BCUT2D eigenvalue weighted by Gasteiger charge is -2.11. The number of rotatable bonds is 3. The summed E-state index contributed by atoms with van der Waals surface area (Å²) in [6.45, 7) is 0. The number of aromatic nitrogens is 6. The number of nitrogens with zero attached hydrogens (tertiary/aromatic N) is 4. The second kappa shape index (κ2) is 5.24. The van der Waals surface area contributed by atoms with Gasteiger partial charge < -0.3 is 4.98 Å². The third-order valence-electron chi connectivity index (χ3n) is 3.70. The van der Waals surface area contributed by atoms with Crippen LogP contribution in [0.5, 0.6) is 0 Å². The van der Waals surface area contributed by atoms with E-state index in [0.29, 0.717) is 11.1 Å². The Balaban J connectivity index is 2.05. The number of pyridine rings is 1. The standard InChI is InChI=1S/C15H12N6O2S/c1-24(22,23)13-4-2-3-10(14(13)15-18-20-21-19-15)9-7-12-11(17-8-9)5-6-16-12/h2-8,16H,1H3,(H,18,19,20,21). The van der Waals surface area contributed by atoms with Crippen LogP contribution in [-0.2, 0) is 9.84 Å². The van der Waals surface area contributed by atoms with E-state index in [1.807, 2.05) is 18.2 Å². The molecule has 8 nitrogen and oxygen atoms in total. The topological polar surface area (TPSA) is 117 Å². The fourth-order valence-corrected chi connectivity index (χ4v) is 3.56. The molecule has 0 amide bonds. The van der Waals surface area contributed by atoms with E-state index in [2.05, 4.69) is 30.6 Å². The first kappa shape index (κ1) is 14.5. The summed E-state index contributed by atoms with van der Waals surface area (Å²) >= 11 is 0. The molecule has 24 heavy (non-hydrogen) atoms. The Hall–Kier alpha value is -3.07. The molecular formula is C15H12N6O2S. The number of hydrogen-bond acceptors (Lipinski definition) is 6. The molecule has 4 aromatic rings. The largest absolute Gasteiger partial charge is 0.360 e. The first-order valence-corrected chi connectivity index (χ1v) is 8.93. The van der Waals surface area contributed by atoms with Crippen molar-refractivity contribution in [3.63, 3.8) is 0 Å². The second-order valence-corrected chi connectivity index (χ2v) is 7.30. The maximum Gasteiger partial charge on any atom is 0.206 e. The Labute approximate surface area is 136 Å². The molecule has 0 atom stereocenters. The van der Waals surface area contributed by atoms with Gasteiger partial charge in [-0.1, -0.05) is 12.1 Å². The number of H-pyrrole nitrogens is 2. The van der Waals surface area contributed by atoms with E-state index in [1.54, 1.807) is 18.5 Å². The molecule has 0 radical (unpaired) electrons. The maximum atomic E-state index is 12.2. The van der Waals surface area contributed by atoms with Crippen LogP contribution in [0.3, 0.4) is 0 Å². The monoisotopic (exact) mass is 340 g/mol. The zero-order valence-electron chi connectivity index (χ0n) is 12.6. The van der Waals surface area contributed by atoms with Gasteiger partial charge in [0.25, 0.3) is 0 Å². The van der Waals surface area contributed by atoms with Crippen LogP contribution in [0.1, 0.15) is 0 Å². The van der Waals surface area contributed by atoms with E-state index >= 15 is 0 Å². The molecule has 0 bridgehead atoms. The van der Waals surface area contributed by atoms with Crippen molar-refractivity contribution in [1.82, 2.24) is 30.6 Å². The highest BCUT2D eigenvalue weighted by Gasteiger charge is 2.22. The van der Waals surface area contributed by atoms with Gasteiger partial charge in [0.05, 0.1) is 15.9 Å². The molecular weight excluding hydrogens is 328 g/mol. The SMILES string of the molecule is CS(=O)(=O)c1cccc(-c2cnc3cc[nH]c3c2)c1-c1nn[nH]n1. The van der Waals surface area contributed by atoms with Gasteiger partial charge in [0.15, 0.2) is 9.84 Å². The summed E-state index contributed by atoms with van der Waals surface area (Å²) in [6.07, 6.45) is 4.65. The first-order chi connectivity index (χ1) is 11.5. The van der Waals surface area contributed by atoms with Gasteiger partial charge in [-0.25, -0.2) is 8.42 Å². The number of benzene rings is 1. The molecule has 2 N–H and O–H groups in total. The van der Waals surface area contributed by atoms with Crippen molar-refractivity contribution in [2.75, 3.05) is 6.26 Å². The Morgan fingerprint density at radius 1 is 1.17 bits per heavy atom. The third-order valence-corrected chi connectivity index (χ3v) is 4.84. The van der Waals surface area contributed by atoms with Gasteiger partial charge in [0.2, 0.25) is 5.82 Å². The molecule has 0 aliphatic heterocycles. The average molecular weight is 340 g/mol. The van der Waals surface area contributed by atoms with E-state index < -0.39 is 9.84 Å². The van der Waals surface area contributed by atoms with Crippen LogP contribution in [0.15, 0.2) is 47.6 Å². The minimum atomic E-state index is -3.47. The quantitative estimate of drug-likeness (QED) is 0.587. The molecule has 4 rings (SSSR count). The van der Waals surface area contributed by atoms with Gasteiger partial charge in [-0.05, 0) is 29.0 Å². The van der Waals surface area contributed by atoms with Crippen molar-refractivity contribution < 1.29 is 8.42 Å². The van der Waals surface area contributed by atoms with Gasteiger partial charge >= 0.3 is 0 Å². The van der Waals surface area contributed by atoms with Crippen LogP contribution in [0, 0.1) is 0 Å². The number of nitrogens with one attached hydrogen (secondary N) is 2. The summed E-state index contributed by atoms with van der Waals surface area (Å²) < 4.78 is 24.4. The molecule has 0 aliphatic rings. The summed E-state index contributed by atoms with van der Waals surface area (Å²) in [4.78, 5) is 7.63. The summed E-state index contributed by atoms with van der Waals surface area (Å²) in [5.41, 5.74) is 3.52. The predicted molar refractivity (Wildman–Crippen MR) is 87.8 cm³/mol. The number of sulfone groups is 1. The summed E-state index contributed by atoms with van der Waals surface area (Å²) in [5, 5.41) is 13.8. The lowest BCUT2D eigenvalue weighted by Crippen LogP contribution is -2.02. The fraction of sp³-hybridized carbons (Fsp3) is 0.0667. The minimum absolute atomic E-state index is 0.146. The van der Waals surface area contributed by atoms with Crippen LogP contribution in [0.2, 0.25) is 0 Å². The Morgan fingerprint density at radius 3 is 2.79 bits per heavy atom. The smallest absolute Gasteiger partial charge is 0.206 e. The molecule has 0 saturated carbocycles. The Bertz CT molecular complexity index is 1130. The highest BCUT2D eigenvalue weighted by atomic mass is 32.2. The molecule has 0 aliphatic carbocycles. The highest BCUT2D eigenvalue weighted by Crippen LogP contribution is 2.35. The molecule has 1 aromatic carbocycles. The van der Waals surface area contributed by atoms with E-state index in [-0.39, 0.29) is 10.7 Å². The lowest BCUT2D eigenvalue weighted by atomic mass is 10.0. The number of tetrazole rings is 1. The molecule has 0 fully saturated rings. The van der Waals surface area contributed by atoms with E-state index in [0.717, 1.165) is 22.9 Å². The Kier molecular flexibility index (Phi) is 3.17. The van der Waals surface area contributed by atoms with Gasteiger partial charge in [-0.15, -0.1) is 10.2 Å². The van der Waals surface area contributed by atoms with Crippen molar-refractivity contribution in [1.29, 1.82) is 0 Å². The maximum absolute atomic E-state index is 12.2. The van der Waals surface area contributed by atoms with Crippen molar-refractivity contribution in [2.24, 2.45) is 0 Å². The van der Waals surface area contributed by atoms with E-state index in [9.17, 15) is 8.42 Å². The summed E-state index contributed by atoms with van der Waals surface area (Å²) in [5.74, 6) is 0.220. The number of fused-ring (bicyclic) bond motifs is 1. The van der Waals surface area contributed by atoms with Gasteiger partial charge in [0, 0.05) is 29.8 Å². The van der Waals surface area contributed by atoms with Crippen molar-refractivity contribution in [3.05, 3.63) is 42.7 Å². The van der Waals surface area contributed by atoms with Crippen molar-refractivity contribution in [2.45, 2.75) is 4.90 Å². The third kappa shape index (κ3) is 2.35. The van der Waals surface area contributed by atoms with Gasteiger partial charge in [0.1, 0.15) is 0 Å². The van der Waals surface area contributed by atoms with Crippen LogP contribution in [-0.4, -0.2) is 45.3 Å². The molecule has 9 heteroatoms. The highest BCUT2D eigenvalue weighted by molar-refractivity contribution is 7.90. The average Bonchev–Trinajstić information content (AvgIpc) is 3.24. The molecule has 0 unspecified atom stereocenters. The number of aromatic amines is 2. The minimum Gasteiger partial charge on any atom is -0.360 e. The molecule has 120 valence electrons. The van der Waals surface area contributed by atoms with Crippen LogP contribution < -0.4 is 0 Å². The van der Waals surface area contributed by atoms with Crippen LogP contribution in [0.4, 0.5) is 0 Å². The van der Waals surface area contributed by atoms with Crippen LogP contribution >= 0.6 is 0 Å². The fourth-order valence-electron chi connectivity index (χ4n) is 2.66. The van der Waals surface area contributed by atoms with Gasteiger partial charge in [-0.2, -0.15) is 5.21 Å². The Morgan fingerprint density at radius 2 is 2.04 bits per heavy atom. The number of hydrogen-bond donors (Lipinski definition) is 2. The van der Waals surface area contributed by atoms with Gasteiger partial charge in [-0.3, -0.25) is 4.98 Å². The summed E-state index contributed by atoms with van der Waals surface area (Å²) in [6, 6.07) is 8.81. The zero-order valence-corrected chi connectivity index (χ0v) is 13.4. The van der Waals surface area contributed by atoms with Crippen molar-refractivity contribution in [3.8, 4) is 22.5 Å².